The Morgan fingerprint density at radius 1 is 0.679 bits per heavy atom. The minimum absolute atomic E-state index is 0.00987. The lowest BCUT2D eigenvalue weighted by Crippen LogP contribution is -2.13. The number of nitrogens with zero attached hydrogens (tertiary/aromatic N) is 1. The molecule has 15 nitrogen and oxygen atoms in total. The maximum atomic E-state index is 13.0. The molecule has 3 aromatic carbocycles. The van der Waals surface area contributed by atoms with Gasteiger partial charge in [-0.2, -0.15) is 0 Å². The number of hydrogen-bond acceptors (Lipinski definition) is 15. The van der Waals surface area contributed by atoms with E-state index in [0.717, 1.165) is 12.2 Å². The summed E-state index contributed by atoms with van der Waals surface area (Å²) in [6.45, 7) is 8.75. The molecule has 0 bridgehead atoms. The first-order valence-electron chi connectivity index (χ1n) is 16.2. The van der Waals surface area contributed by atoms with Crippen LogP contribution in [0.2, 0.25) is 0 Å². The van der Waals surface area contributed by atoms with Crippen LogP contribution in [-0.2, 0) is 28.5 Å². The Kier molecular flexibility index (Phi) is 14.4. The normalized spacial score (nSPS) is 10.4. The Bertz CT molecular complexity index is 2020. The molecule has 0 spiro atoms. The summed E-state index contributed by atoms with van der Waals surface area (Å²) in [5.41, 5.74) is 0.647. The lowest BCUT2D eigenvalue weighted by Gasteiger charge is -2.10. The summed E-state index contributed by atoms with van der Waals surface area (Å²) < 4.78 is 40.9. The number of ether oxygens (including phenoxy) is 7. The van der Waals surface area contributed by atoms with Gasteiger partial charge in [0.05, 0.1) is 42.9 Å². The number of esters is 3. The van der Waals surface area contributed by atoms with Crippen LogP contribution in [0.1, 0.15) is 41.6 Å². The van der Waals surface area contributed by atoms with Crippen molar-refractivity contribution in [1.82, 2.24) is 4.98 Å². The van der Waals surface area contributed by atoms with Crippen LogP contribution in [0.3, 0.4) is 0 Å². The first kappa shape index (κ1) is 39.0. The van der Waals surface area contributed by atoms with E-state index < -0.39 is 35.8 Å². The van der Waals surface area contributed by atoms with Gasteiger partial charge in [0.2, 0.25) is 5.89 Å². The van der Waals surface area contributed by atoms with Crippen LogP contribution in [0.4, 0.5) is 9.59 Å². The fraction of sp³-hybridized carbons (Fsp3) is 0.237. The van der Waals surface area contributed by atoms with Crippen molar-refractivity contribution in [3.05, 3.63) is 108 Å². The number of rotatable bonds is 17. The maximum Gasteiger partial charge on any atom is 0.513 e. The van der Waals surface area contributed by atoms with Gasteiger partial charge in [-0.3, -0.25) is 0 Å². The molecule has 0 unspecified atom stereocenters. The first-order chi connectivity index (χ1) is 25.6. The highest BCUT2D eigenvalue weighted by Crippen LogP contribution is 2.27. The van der Waals surface area contributed by atoms with Crippen LogP contribution >= 0.6 is 0 Å². The summed E-state index contributed by atoms with van der Waals surface area (Å²) in [5.74, 6) is -1.35. The number of hydrogen-bond donors (Lipinski definition) is 0. The van der Waals surface area contributed by atoms with Crippen LogP contribution < -0.4 is 19.8 Å². The number of unbranched alkanes of at least 4 members (excludes halogenated alkanes) is 2. The largest absolute Gasteiger partial charge is 0.513 e. The Balaban J connectivity index is 1.29. The van der Waals surface area contributed by atoms with Gasteiger partial charge in [-0.05, 0) is 98.8 Å². The molecule has 15 heteroatoms. The van der Waals surface area contributed by atoms with Crippen LogP contribution in [0.5, 0.6) is 17.2 Å². The number of carbonyl (C=O) groups is 5. The minimum atomic E-state index is -0.940. The zero-order valence-corrected chi connectivity index (χ0v) is 28.7. The maximum absolute atomic E-state index is 13.0. The third kappa shape index (κ3) is 12.2. The van der Waals surface area contributed by atoms with E-state index in [1.807, 2.05) is 0 Å². The van der Waals surface area contributed by atoms with Crippen molar-refractivity contribution in [3.8, 4) is 28.7 Å². The molecule has 0 N–H and O–H groups in total. The molecule has 0 saturated carbocycles. The predicted molar refractivity (Wildman–Crippen MR) is 187 cm³/mol. The second kappa shape index (κ2) is 19.6. The zero-order chi connectivity index (χ0) is 38.2. The molecule has 4 aromatic rings. The first-order valence-corrected chi connectivity index (χ1v) is 16.2. The Morgan fingerprint density at radius 2 is 1.17 bits per heavy atom. The van der Waals surface area contributed by atoms with Crippen molar-refractivity contribution in [2.45, 2.75) is 32.6 Å². The summed E-state index contributed by atoms with van der Waals surface area (Å²) in [5, 5.41) is 0.0729. The molecule has 1 aromatic heterocycles. The van der Waals surface area contributed by atoms with Crippen LogP contribution in [0.25, 0.3) is 22.4 Å². The molecule has 0 amide bonds. The van der Waals surface area contributed by atoms with Crippen molar-refractivity contribution in [2.75, 3.05) is 26.4 Å². The molecule has 0 aliphatic heterocycles. The summed E-state index contributed by atoms with van der Waals surface area (Å²) >= 11 is 0. The van der Waals surface area contributed by atoms with E-state index in [1.165, 1.54) is 42.5 Å². The number of benzene rings is 3. The van der Waals surface area contributed by atoms with E-state index in [9.17, 15) is 28.8 Å². The topological polar surface area (TPSA) is 193 Å². The molecule has 0 saturated heterocycles. The van der Waals surface area contributed by atoms with Crippen LogP contribution in [0.15, 0.2) is 95.2 Å². The molecule has 0 radical (unpaired) electrons. The average molecular weight is 730 g/mol. The zero-order valence-electron chi connectivity index (χ0n) is 28.7. The van der Waals surface area contributed by atoms with Crippen molar-refractivity contribution in [2.24, 2.45) is 0 Å². The fourth-order valence-electron chi connectivity index (χ4n) is 4.35. The predicted octanol–water partition coefficient (Wildman–Crippen LogP) is 6.43. The molecule has 0 aliphatic rings. The van der Waals surface area contributed by atoms with E-state index in [2.05, 4.69) is 18.1 Å². The van der Waals surface area contributed by atoms with Gasteiger partial charge in [0.1, 0.15) is 17.2 Å². The van der Waals surface area contributed by atoms with E-state index in [4.69, 9.17) is 37.6 Å². The van der Waals surface area contributed by atoms with Gasteiger partial charge in [0.15, 0.2) is 0 Å². The van der Waals surface area contributed by atoms with Crippen LogP contribution in [-0.4, -0.2) is 61.6 Å². The van der Waals surface area contributed by atoms with Gasteiger partial charge < -0.3 is 37.6 Å². The third-order valence-corrected chi connectivity index (χ3v) is 7.06. The SMILES string of the molecule is C=CC(=O)OCCCCOC(=O)Oc1ccc(C(=O)Oc2cc3c(=O)oc(-c4ccc(OC(=O)OCCCCOC(=O)C=C)cc4)nc3cc2C)cc1. The number of aromatic nitrogens is 1. The van der Waals surface area contributed by atoms with Gasteiger partial charge in [-0.1, -0.05) is 13.2 Å². The van der Waals surface area contributed by atoms with Gasteiger partial charge in [0.25, 0.3) is 0 Å². The standard InChI is InChI=1S/C38H35NO14/c1-4-32(40)46-18-6-8-20-48-37(44)50-27-14-10-25(11-15-27)34-39-30-22-24(3)31(23-29(30)36(43)53-34)52-35(42)26-12-16-28(17-13-26)51-38(45)49-21-9-7-19-47-33(41)5-2/h4-5,10-17,22-23H,1-2,6-9,18-21H2,3H3. The Labute approximate surface area is 302 Å². The van der Waals surface area contributed by atoms with E-state index in [0.29, 0.717) is 42.3 Å². The molecular weight excluding hydrogens is 694 g/mol. The average Bonchev–Trinajstić information content (AvgIpc) is 3.15. The van der Waals surface area contributed by atoms with E-state index in [-0.39, 0.29) is 60.5 Å². The van der Waals surface area contributed by atoms with Crippen molar-refractivity contribution < 1.29 is 61.5 Å². The quantitative estimate of drug-likeness (QED) is 0.0288. The molecule has 53 heavy (non-hydrogen) atoms. The number of aryl methyl sites for hydroxylation is 1. The highest BCUT2D eigenvalue weighted by Gasteiger charge is 2.17. The lowest BCUT2D eigenvalue weighted by molar-refractivity contribution is -0.138. The van der Waals surface area contributed by atoms with E-state index >= 15 is 0 Å². The Morgan fingerprint density at radius 3 is 1.68 bits per heavy atom. The molecule has 1 heterocycles. The number of carbonyl (C=O) groups excluding carboxylic acids is 5. The highest BCUT2D eigenvalue weighted by atomic mass is 16.7. The monoisotopic (exact) mass is 729 g/mol. The van der Waals surface area contributed by atoms with Crippen molar-refractivity contribution in [1.29, 1.82) is 0 Å². The van der Waals surface area contributed by atoms with Crippen molar-refractivity contribution in [3.63, 3.8) is 0 Å². The molecule has 0 atom stereocenters. The summed E-state index contributed by atoms with van der Waals surface area (Å²) in [6, 6.07) is 14.6. The second-order valence-corrected chi connectivity index (χ2v) is 10.9. The Hall–Kier alpha value is -6.77. The molecule has 4 rings (SSSR count). The second-order valence-electron chi connectivity index (χ2n) is 10.9. The third-order valence-electron chi connectivity index (χ3n) is 7.06. The van der Waals surface area contributed by atoms with Gasteiger partial charge in [-0.25, -0.2) is 33.8 Å². The molecule has 276 valence electrons. The smallest absolute Gasteiger partial charge is 0.463 e. The van der Waals surface area contributed by atoms with Crippen molar-refractivity contribution >= 4 is 41.1 Å². The van der Waals surface area contributed by atoms with Crippen LogP contribution in [0, 0.1) is 6.92 Å². The summed E-state index contributed by atoms with van der Waals surface area (Å²) in [7, 11) is 0. The van der Waals surface area contributed by atoms with E-state index in [1.54, 1.807) is 25.1 Å². The molecule has 0 fully saturated rings. The summed E-state index contributed by atoms with van der Waals surface area (Å²) in [6.07, 6.45) is 2.16. The minimum Gasteiger partial charge on any atom is -0.463 e. The van der Waals surface area contributed by atoms with Gasteiger partial charge in [0, 0.05) is 17.7 Å². The van der Waals surface area contributed by atoms with Gasteiger partial charge in [-0.15, -0.1) is 0 Å². The summed E-state index contributed by atoms with van der Waals surface area (Å²) in [4.78, 5) is 76.3. The fourth-order valence-corrected chi connectivity index (χ4v) is 4.35. The molecule has 0 aliphatic carbocycles. The highest BCUT2D eigenvalue weighted by molar-refractivity contribution is 5.92. The lowest BCUT2D eigenvalue weighted by atomic mass is 10.1. The van der Waals surface area contributed by atoms with Gasteiger partial charge >= 0.3 is 35.8 Å². The number of fused-ring (bicyclic) bond motifs is 1. The molecular formula is C38H35NO14.